The van der Waals surface area contributed by atoms with Gasteiger partial charge in [0.15, 0.2) is 0 Å². The van der Waals surface area contributed by atoms with E-state index in [1.165, 1.54) is 0 Å². The Labute approximate surface area is 55.9 Å². The number of hydrogen-bond acceptors (Lipinski definition) is 0. The predicted molar refractivity (Wildman–Crippen MR) is 40.1 cm³/mol. The molecule has 0 spiro atoms. The van der Waals surface area contributed by atoms with Crippen molar-refractivity contribution in [3.63, 3.8) is 0 Å². The molecule has 0 aromatic carbocycles. The zero-order valence-corrected chi connectivity index (χ0v) is 5.59. The van der Waals surface area contributed by atoms with Gasteiger partial charge in [0, 0.05) is 5.57 Å². The highest BCUT2D eigenvalue weighted by molar-refractivity contribution is 5.34. The molecule has 9 heavy (non-hydrogen) atoms. The highest BCUT2D eigenvalue weighted by atomic mass is 14.0. The second-order valence-electron chi connectivity index (χ2n) is 2.21. The van der Waals surface area contributed by atoms with Crippen molar-refractivity contribution in [2.24, 2.45) is 5.92 Å². The maximum absolute atomic E-state index is 3.54. The van der Waals surface area contributed by atoms with Crippen molar-refractivity contribution in [2.45, 2.75) is 6.92 Å². The molecule has 0 heterocycles. The third-order valence-electron chi connectivity index (χ3n) is 1.36. The molecule has 1 aliphatic rings. The van der Waals surface area contributed by atoms with E-state index in [1.54, 1.807) is 0 Å². The molecule has 0 saturated heterocycles. The number of hydrogen-bond donors (Lipinski definition) is 0. The average Bonchev–Trinajstić information content (AvgIpc) is 1.90. The van der Waals surface area contributed by atoms with Crippen molar-refractivity contribution in [1.29, 1.82) is 0 Å². The molecule has 1 aliphatic carbocycles. The topological polar surface area (TPSA) is 0 Å². The molecule has 0 heteroatoms. The molecule has 0 nitrogen and oxygen atoms in total. The maximum atomic E-state index is 3.54. The molecule has 0 aromatic rings. The van der Waals surface area contributed by atoms with Gasteiger partial charge in [-0.1, -0.05) is 37.8 Å². The minimum absolute atomic E-state index is 0.571. The zero-order valence-electron chi connectivity index (χ0n) is 5.59. The fourth-order valence-corrected chi connectivity index (χ4v) is 0.748. The Hall–Kier alpha value is -1.00. The molecule has 0 saturated carbocycles. The molecule has 0 bridgehead atoms. The van der Waals surface area contributed by atoms with E-state index >= 15 is 0 Å². The molecule has 0 atom stereocenters. The van der Waals surface area contributed by atoms with Crippen molar-refractivity contribution in [2.75, 3.05) is 0 Å². The van der Waals surface area contributed by atoms with Gasteiger partial charge in [-0.25, -0.2) is 0 Å². The molecule has 0 N–H and O–H groups in total. The van der Waals surface area contributed by atoms with E-state index in [-0.39, 0.29) is 0 Å². The highest BCUT2D eigenvalue weighted by Crippen LogP contribution is 2.10. The summed E-state index contributed by atoms with van der Waals surface area (Å²) in [6, 6.07) is 0. The summed E-state index contributed by atoms with van der Waals surface area (Å²) in [4.78, 5) is 0. The first-order chi connectivity index (χ1) is 4.33. The van der Waals surface area contributed by atoms with Crippen LogP contribution in [0, 0.1) is 5.92 Å². The van der Waals surface area contributed by atoms with Gasteiger partial charge in [-0.15, -0.1) is 5.73 Å². The summed E-state index contributed by atoms with van der Waals surface area (Å²) >= 11 is 0. The first kappa shape index (κ1) is 6.12. The number of rotatable bonds is 0. The van der Waals surface area contributed by atoms with E-state index in [0.29, 0.717) is 5.92 Å². The summed E-state index contributed by atoms with van der Waals surface area (Å²) in [5.41, 5.74) is 3.89. The molecule has 46 valence electrons. The van der Waals surface area contributed by atoms with E-state index in [2.05, 4.69) is 31.4 Å². The predicted octanol–water partition coefficient (Wildman–Crippen LogP) is 2.46. The van der Waals surface area contributed by atoms with Crippen molar-refractivity contribution >= 4 is 0 Å². The molecule has 0 radical (unpaired) electrons. The molecule has 0 aromatic heterocycles. The van der Waals surface area contributed by atoms with Gasteiger partial charge in [0.25, 0.3) is 0 Å². The van der Waals surface area contributed by atoms with E-state index < -0.39 is 0 Å². The molecule has 0 fully saturated rings. The van der Waals surface area contributed by atoms with Gasteiger partial charge in [0.1, 0.15) is 0 Å². The van der Waals surface area contributed by atoms with Gasteiger partial charge in [-0.3, -0.25) is 0 Å². The van der Waals surface area contributed by atoms with E-state index in [0.717, 1.165) is 5.57 Å². The minimum Gasteiger partial charge on any atom is -0.121 e. The lowest BCUT2D eigenvalue weighted by atomic mass is 10.0. The molecular weight excluding hydrogens is 108 g/mol. The van der Waals surface area contributed by atoms with Crippen molar-refractivity contribution in [1.82, 2.24) is 0 Å². The van der Waals surface area contributed by atoms with Crippen LogP contribution in [0.2, 0.25) is 0 Å². The maximum Gasteiger partial charge on any atom is 0.0152 e. The molecule has 0 aliphatic heterocycles. The normalized spacial score (nSPS) is 24.1. The summed E-state index contributed by atoms with van der Waals surface area (Å²) in [6.45, 7) is 5.69. The monoisotopic (exact) mass is 118 g/mol. The smallest absolute Gasteiger partial charge is 0.0152 e. The second kappa shape index (κ2) is 2.52. The quantitative estimate of drug-likeness (QED) is 0.428. The molecular formula is C9H10. The van der Waals surface area contributed by atoms with Crippen molar-refractivity contribution in [3.05, 3.63) is 42.2 Å². The minimum atomic E-state index is 0.571. The average molecular weight is 118 g/mol. The van der Waals surface area contributed by atoms with Crippen LogP contribution in [-0.2, 0) is 0 Å². The van der Waals surface area contributed by atoms with Gasteiger partial charge in [-0.05, 0) is 5.92 Å². The SMILES string of the molecule is C=C=C1C=CC(C)C=C1. The molecule has 1 rings (SSSR count). The summed E-state index contributed by atoms with van der Waals surface area (Å²) in [5.74, 6) is 0.571. The Kier molecular flexibility index (Phi) is 1.72. The highest BCUT2D eigenvalue weighted by Gasteiger charge is 1.95. The Balaban J connectivity index is 2.82. The lowest BCUT2D eigenvalue weighted by Crippen LogP contribution is -1.87. The van der Waals surface area contributed by atoms with Crippen LogP contribution in [0.15, 0.2) is 42.2 Å². The van der Waals surface area contributed by atoms with Gasteiger partial charge >= 0.3 is 0 Å². The van der Waals surface area contributed by atoms with E-state index in [9.17, 15) is 0 Å². The van der Waals surface area contributed by atoms with Gasteiger partial charge in [-0.2, -0.15) is 0 Å². The summed E-state index contributed by atoms with van der Waals surface area (Å²) in [5, 5.41) is 0. The third-order valence-corrected chi connectivity index (χ3v) is 1.36. The first-order valence-electron chi connectivity index (χ1n) is 3.09. The van der Waals surface area contributed by atoms with Crippen LogP contribution in [0.3, 0.4) is 0 Å². The molecule has 0 unspecified atom stereocenters. The Bertz CT molecular complexity index is 184. The van der Waals surface area contributed by atoms with Crippen LogP contribution in [0.1, 0.15) is 6.92 Å². The van der Waals surface area contributed by atoms with Crippen molar-refractivity contribution < 1.29 is 0 Å². The zero-order chi connectivity index (χ0) is 6.69. The van der Waals surface area contributed by atoms with Crippen LogP contribution in [-0.4, -0.2) is 0 Å². The third kappa shape index (κ3) is 1.45. The summed E-state index contributed by atoms with van der Waals surface area (Å²) in [6.07, 6.45) is 8.34. The lowest BCUT2D eigenvalue weighted by molar-refractivity contribution is 0.929. The van der Waals surface area contributed by atoms with Crippen LogP contribution in [0.25, 0.3) is 0 Å². The summed E-state index contributed by atoms with van der Waals surface area (Å²) in [7, 11) is 0. The van der Waals surface area contributed by atoms with Gasteiger partial charge in [0.2, 0.25) is 0 Å². The Morgan fingerprint density at radius 2 is 2.00 bits per heavy atom. The Morgan fingerprint density at radius 3 is 2.44 bits per heavy atom. The Morgan fingerprint density at radius 1 is 1.44 bits per heavy atom. The second-order valence-corrected chi connectivity index (χ2v) is 2.21. The van der Waals surface area contributed by atoms with Gasteiger partial charge in [0.05, 0.1) is 0 Å². The van der Waals surface area contributed by atoms with E-state index in [1.807, 2.05) is 12.2 Å². The fourth-order valence-electron chi connectivity index (χ4n) is 0.748. The van der Waals surface area contributed by atoms with E-state index in [4.69, 9.17) is 0 Å². The fraction of sp³-hybridized carbons (Fsp3) is 0.222. The van der Waals surface area contributed by atoms with Crippen LogP contribution < -0.4 is 0 Å². The standard InChI is InChI=1S/C9H10/c1-3-9-6-4-8(2)5-7-9/h4-8H,1H2,2H3. The first-order valence-corrected chi connectivity index (χ1v) is 3.09. The van der Waals surface area contributed by atoms with Crippen LogP contribution >= 0.6 is 0 Å². The largest absolute Gasteiger partial charge is 0.121 e. The number of allylic oxidation sites excluding steroid dienone is 5. The van der Waals surface area contributed by atoms with Crippen LogP contribution in [0.4, 0.5) is 0 Å². The lowest BCUT2D eigenvalue weighted by Gasteiger charge is -2.02. The van der Waals surface area contributed by atoms with Crippen LogP contribution in [0.5, 0.6) is 0 Å². The van der Waals surface area contributed by atoms with Crippen molar-refractivity contribution in [3.8, 4) is 0 Å². The summed E-state index contributed by atoms with van der Waals surface area (Å²) < 4.78 is 0. The molecule has 0 amide bonds. The van der Waals surface area contributed by atoms with Gasteiger partial charge < -0.3 is 0 Å².